The van der Waals surface area contributed by atoms with E-state index < -0.39 is 5.54 Å². The highest BCUT2D eigenvalue weighted by Gasteiger charge is 2.38. The Labute approximate surface area is 112 Å². The first-order chi connectivity index (χ1) is 7.62. The molecule has 0 aromatic carbocycles. The molecule has 0 unspecified atom stereocenters. The predicted molar refractivity (Wildman–Crippen MR) is 73.4 cm³/mol. The van der Waals surface area contributed by atoms with Crippen LogP contribution in [0.25, 0.3) is 0 Å². The second-order valence-corrected chi connectivity index (χ2v) is 5.64. The average Bonchev–Trinajstić information content (AvgIpc) is 2.89. The van der Waals surface area contributed by atoms with E-state index in [1.54, 1.807) is 16.2 Å². The Bertz CT molecular complexity index is 361. The van der Waals surface area contributed by atoms with Crippen LogP contribution in [0, 0.1) is 0 Å². The highest BCUT2D eigenvalue weighted by atomic mass is 35.5. The Morgan fingerprint density at radius 2 is 2.18 bits per heavy atom. The minimum absolute atomic E-state index is 0. The molecular formula is C12H19ClN2OS. The molecule has 0 aliphatic heterocycles. The smallest absolute Gasteiger partial charge is 0.242 e. The number of halogens is 1. The van der Waals surface area contributed by atoms with E-state index in [0.29, 0.717) is 6.54 Å². The highest BCUT2D eigenvalue weighted by molar-refractivity contribution is 7.09. The number of nitrogens with zero attached hydrogens (tertiary/aromatic N) is 1. The molecule has 2 N–H and O–H groups in total. The van der Waals surface area contributed by atoms with Crippen molar-refractivity contribution in [3.8, 4) is 0 Å². The van der Waals surface area contributed by atoms with Crippen LogP contribution < -0.4 is 5.73 Å². The maximum atomic E-state index is 12.2. The molecule has 1 aromatic rings. The quantitative estimate of drug-likeness (QED) is 0.920. The van der Waals surface area contributed by atoms with E-state index in [0.717, 1.165) is 25.7 Å². The van der Waals surface area contributed by atoms with Crippen LogP contribution in [0.15, 0.2) is 17.5 Å². The third-order valence-corrected chi connectivity index (χ3v) is 4.10. The van der Waals surface area contributed by atoms with Crippen molar-refractivity contribution in [2.45, 2.75) is 37.8 Å². The number of nitrogens with two attached hydrogens (primary N) is 1. The van der Waals surface area contributed by atoms with Crippen molar-refractivity contribution in [1.29, 1.82) is 0 Å². The number of carbonyl (C=O) groups excluding carboxylic acids is 1. The number of hydrogen-bond donors (Lipinski definition) is 1. The predicted octanol–water partition coefficient (Wildman–Crippen LogP) is 2.40. The van der Waals surface area contributed by atoms with Crippen LogP contribution in [0.3, 0.4) is 0 Å². The number of amides is 1. The zero-order valence-electron chi connectivity index (χ0n) is 10.0. The van der Waals surface area contributed by atoms with Gasteiger partial charge < -0.3 is 10.6 Å². The van der Waals surface area contributed by atoms with E-state index in [1.807, 2.05) is 24.6 Å². The van der Waals surface area contributed by atoms with Crippen molar-refractivity contribution >= 4 is 29.7 Å². The standard InChI is InChI=1S/C12H18N2OS.ClH/c1-14(9-10-5-4-8-16-10)11(15)12(13)6-2-3-7-12;/h4-5,8H,2-3,6-7,9,13H2,1H3;1H. The van der Waals surface area contributed by atoms with Crippen molar-refractivity contribution in [1.82, 2.24) is 4.90 Å². The molecule has 2 rings (SSSR count). The maximum Gasteiger partial charge on any atom is 0.242 e. The van der Waals surface area contributed by atoms with E-state index in [1.165, 1.54) is 4.88 Å². The van der Waals surface area contributed by atoms with Crippen molar-refractivity contribution in [3.63, 3.8) is 0 Å². The lowest BCUT2D eigenvalue weighted by atomic mass is 9.97. The largest absolute Gasteiger partial charge is 0.339 e. The zero-order chi connectivity index (χ0) is 11.6. The molecule has 3 nitrogen and oxygen atoms in total. The number of hydrogen-bond acceptors (Lipinski definition) is 3. The molecule has 0 saturated heterocycles. The fourth-order valence-corrected chi connectivity index (χ4v) is 3.07. The van der Waals surface area contributed by atoms with E-state index in [4.69, 9.17) is 5.73 Å². The minimum Gasteiger partial charge on any atom is -0.339 e. The van der Waals surface area contributed by atoms with Crippen LogP contribution >= 0.6 is 23.7 Å². The lowest BCUT2D eigenvalue weighted by molar-refractivity contribution is -0.136. The van der Waals surface area contributed by atoms with Gasteiger partial charge in [-0.25, -0.2) is 0 Å². The number of likely N-dealkylation sites (N-methyl/N-ethyl adjacent to an activating group) is 1. The summed E-state index contributed by atoms with van der Waals surface area (Å²) in [5.41, 5.74) is 5.55. The van der Waals surface area contributed by atoms with E-state index in [-0.39, 0.29) is 18.3 Å². The first-order valence-corrected chi connectivity index (χ1v) is 6.57. The second-order valence-electron chi connectivity index (χ2n) is 4.60. The molecule has 1 fully saturated rings. The molecule has 1 aromatic heterocycles. The zero-order valence-corrected chi connectivity index (χ0v) is 11.6. The van der Waals surface area contributed by atoms with Crippen molar-refractivity contribution in [2.24, 2.45) is 5.73 Å². The van der Waals surface area contributed by atoms with E-state index in [2.05, 4.69) is 0 Å². The summed E-state index contributed by atoms with van der Waals surface area (Å²) < 4.78 is 0. The monoisotopic (exact) mass is 274 g/mol. The Kier molecular flexibility index (Phi) is 4.98. The fraction of sp³-hybridized carbons (Fsp3) is 0.583. The van der Waals surface area contributed by atoms with Gasteiger partial charge >= 0.3 is 0 Å². The van der Waals surface area contributed by atoms with Crippen LogP contribution in [0.5, 0.6) is 0 Å². The van der Waals surface area contributed by atoms with Crippen LogP contribution in [-0.2, 0) is 11.3 Å². The molecule has 0 radical (unpaired) electrons. The van der Waals surface area contributed by atoms with Gasteiger partial charge in [0.15, 0.2) is 0 Å². The summed E-state index contributed by atoms with van der Waals surface area (Å²) in [6.45, 7) is 0.676. The molecular weight excluding hydrogens is 256 g/mol. The van der Waals surface area contributed by atoms with Gasteiger partial charge in [-0.3, -0.25) is 4.79 Å². The lowest BCUT2D eigenvalue weighted by Gasteiger charge is -2.28. The molecule has 96 valence electrons. The lowest BCUT2D eigenvalue weighted by Crippen LogP contribution is -2.52. The summed E-state index contributed by atoms with van der Waals surface area (Å²) in [4.78, 5) is 15.2. The third-order valence-electron chi connectivity index (χ3n) is 3.24. The SMILES string of the molecule is CN(Cc1cccs1)C(=O)C1(N)CCCC1.Cl. The Morgan fingerprint density at radius 1 is 1.53 bits per heavy atom. The van der Waals surface area contributed by atoms with Gasteiger partial charge in [-0.05, 0) is 24.3 Å². The second kappa shape index (κ2) is 5.85. The summed E-state index contributed by atoms with van der Waals surface area (Å²) in [6, 6.07) is 4.05. The van der Waals surface area contributed by atoms with Crippen molar-refractivity contribution in [3.05, 3.63) is 22.4 Å². The summed E-state index contributed by atoms with van der Waals surface area (Å²) in [6.07, 6.45) is 3.82. The number of carbonyl (C=O) groups is 1. The first-order valence-electron chi connectivity index (χ1n) is 5.69. The van der Waals surface area contributed by atoms with Crippen LogP contribution in [0.2, 0.25) is 0 Å². The van der Waals surface area contributed by atoms with Gasteiger partial charge in [-0.15, -0.1) is 23.7 Å². The normalized spacial score (nSPS) is 17.5. The topological polar surface area (TPSA) is 46.3 Å². The summed E-state index contributed by atoms with van der Waals surface area (Å²) in [5.74, 6) is 0.0957. The Balaban J connectivity index is 0.00000144. The van der Waals surface area contributed by atoms with Gasteiger partial charge in [0.05, 0.1) is 12.1 Å². The van der Waals surface area contributed by atoms with Crippen molar-refractivity contribution in [2.75, 3.05) is 7.05 Å². The third kappa shape index (κ3) is 3.21. The molecule has 1 aliphatic rings. The van der Waals surface area contributed by atoms with Gasteiger partial charge in [-0.1, -0.05) is 18.9 Å². The molecule has 0 atom stereocenters. The summed E-state index contributed by atoms with van der Waals surface area (Å²) >= 11 is 1.68. The average molecular weight is 275 g/mol. The Morgan fingerprint density at radius 3 is 2.71 bits per heavy atom. The van der Waals surface area contributed by atoms with Gasteiger partial charge in [0, 0.05) is 11.9 Å². The molecule has 17 heavy (non-hydrogen) atoms. The first kappa shape index (κ1) is 14.5. The molecule has 1 heterocycles. The molecule has 1 saturated carbocycles. The molecule has 0 bridgehead atoms. The molecule has 0 spiro atoms. The molecule has 1 aliphatic carbocycles. The Hall–Kier alpha value is -0.580. The van der Waals surface area contributed by atoms with Gasteiger partial charge in [-0.2, -0.15) is 0 Å². The number of thiophene rings is 1. The van der Waals surface area contributed by atoms with E-state index in [9.17, 15) is 4.79 Å². The maximum absolute atomic E-state index is 12.2. The summed E-state index contributed by atoms with van der Waals surface area (Å²) in [5, 5.41) is 2.03. The van der Waals surface area contributed by atoms with Crippen LogP contribution in [-0.4, -0.2) is 23.4 Å². The molecule has 5 heteroatoms. The molecule has 1 amide bonds. The summed E-state index contributed by atoms with van der Waals surface area (Å²) in [7, 11) is 1.84. The van der Waals surface area contributed by atoms with Crippen LogP contribution in [0.4, 0.5) is 0 Å². The van der Waals surface area contributed by atoms with Gasteiger partial charge in [0.25, 0.3) is 0 Å². The van der Waals surface area contributed by atoms with Crippen LogP contribution in [0.1, 0.15) is 30.6 Å². The minimum atomic E-state index is -0.591. The van der Waals surface area contributed by atoms with E-state index >= 15 is 0 Å². The fourth-order valence-electron chi connectivity index (χ4n) is 2.31. The van der Waals surface area contributed by atoms with Gasteiger partial charge in [0.1, 0.15) is 0 Å². The number of rotatable bonds is 3. The van der Waals surface area contributed by atoms with Gasteiger partial charge in [0.2, 0.25) is 5.91 Å². The highest BCUT2D eigenvalue weighted by Crippen LogP contribution is 2.29. The van der Waals surface area contributed by atoms with Crippen molar-refractivity contribution < 1.29 is 4.79 Å².